The first-order chi connectivity index (χ1) is 19.6. The van der Waals surface area contributed by atoms with Crippen molar-refractivity contribution < 1.29 is 14.6 Å². The maximum atomic E-state index is 13.7. The van der Waals surface area contributed by atoms with E-state index in [1.807, 2.05) is 58.0 Å². The first-order valence-corrected chi connectivity index (χ1v) is 14.0. The second-order valence-corrected chi connectivity index (χ2v) is 10.3. The lowest BCUT2D eigenvalue weighted by Gasteiger charge is -2.36. The monoisotopic (exact) mass is 542 g/mol. The number of ether oxygens (including phenoxy) is 1. The third kappa shape index (κ3) is 6.09. The van der Waals surface area contributed by atoms with E-state index in [1.54, 1.807) is 7.11 Å². The molecular weight excluding hydrogens is 504 g/mol. The van der Waals surface area contributed by atoms with Crippen LogP contribution in [0.15, 0.2) is 60.8 Å². The molecular formula is C31H38N6O3. The molecule has 5 rings (SSSR count). The van der Waals surface area contributed by atoms with Gasteiger partial charge < -0.3 is 29.1 Å². The second-order valence-electron chi connectivity index (χ2n) is 10.3. The molecule has 3 heterocycles. The molecule has 1 aromatic heterocycles. The van der Waals surface area contributed by atoms with Crippen molar-refractivity contribution >= 4 is 23.0 Å². The quantitative estimate of drug-likeness (QED) is 0.416. The molecule has 1 N–H and O–H groups in total. The zero-order chi connectivity index (χ0) is 27.9. The molecule has 0 spiro atoms. The smallest absolute Gasteiger partial charge is 0.270 e. The molecule has 0 saturated carbocycles. The third-order valence-electron chi connectivity index (χ3n) is 7.84. The standard InChI is InChI=1S/C31H38N6O3/c1-32-26-8-3-4-9-27(26)34-15-13-33(14-16-34)23-25-22-29(37(24-25)12-7-21-38)31(39)36-19-17-35(18-20-36)28-10-5-6-11-30(28)40-2/h3-6,8-11,22,24,38H,7,12-21,23H2,2H3. The number of piperazine rings is 2. The number of aliphatic hydroxyl groups is 1. The minimum atomic E-state index is 0.0458. The molecule has 2 aliphatic heterocycles. The number of methoxy groups -OCH3 is 1. The maximum Gasteiger partial charge on any atom is 0.270 e. The normalized spacial score (nSPS) is 16.2. The van der Waals surface area contributed by atoms with Crippen LogP contribution in [0, 0.1) is 6.57 Å². The molecule has 2 fully saturated rings. The molecule has 1 amide bonds. The highest BCUT2D eigenvalue weighted by Gasteiger charge is 2.27. The summed E-state index contributed by atoms with van der Waals surface area (Å²) in [6.07, 6.45) is 2.68. The van der Waals surface area contributed by atoms with Crippen LogP contribution < -0.4 is 14.5 Å². The minimum Gasteiger partial charge on any atom is -0.495 e. The topological polar surface area (TPSA) is 68.8 Å². The Bertz CT molecular complexity index is 1330. The van der Waals surface area contributed by atoms with E-state index in [4.69, 9.17) is 11.3 Å². The van der Waals surface area contributed by atoms with Gasteiger partial charge in [0.2, 0.25) is 5.69 Å². The number of anilines is 2. The number of carbonyl (C=O) groups is 1. The number of amides is 1. The van der Waals surface area contributed by atoms with Gasteiger partial charge in [0.25, 0.3) is 5.91 Å². The molecule has 40 heavy (non-hydrogen) atoms. The maximum absolute atomic E-state index is 13.7. The Morgan fingerprint density at radius 1 is 0.925 bits per heavy atom. The van der Waals surface area contributed by atoms with Crippen molar-refractivity contribution in [3.8, 4) is 5.75 Å². The number of hydrogen-bond donors (Lipinski definition) is 1. The summed E-state index contributed by atoms with van der Waals surface area (Å²) in [5.74, 6) is 0.894. The Morgan fingerprint density at radius 2 is 1.57 bits per heavy atom. The Kier molecular flexibility index (Phi) is 8.89. The first kappa shape index (κ1) is 27.6. The second kappa shape index (κ2) is 12.9. The number of rotatable bonds is 9. The number of aromatic nitrogens is 1. The molecule has 210 valence electrons. The molecule has 0 unspecified atom stereocenters. The number of aryl methyl sites for hydroxylation is 1. The number of carbonyl (C=O) groups excluding carboxylic acids is 1. The van der Waals surface area contributed by atoms with Crippen molar-refractivity contribution in [1.82, 2.24) is 14.4 Å². The van der Waals surface area contributed by atoms with E-state index in [2.05, 4.69) is 31.8 Å². The SMILES string of the molecule is [C-]#[N+]c1ccccc1N1CCN(Cc2cc(C(=O)N3CCN(c4ccccc4OC)CC3)n(CCCO)c2)CC1. The number of benzene rings is 2. The van der Waals surface area contributed by atoms with Crippen molar-refractivity contribution in [2.24, 2.45) is 0 Å². The summed E-state index contributed by atoms with van der Waals surface area (Å²) in [7, 11) is 1.69. The number of hydrogen-bond acceptors (Lipinski definition) is 6. The van der Waals surface area contributed by atoms with Crippen LogP contribution in [0.4, 0.5) is 17.1 Å². The van der Waals surface area contributed by atoms with E-state index in [0.717, 1.165) is 68.5 Å². The molecule has 0 radical (unpaired) electrons. The van der Waals surface area contributed by atoms with Gasteiger partial charge in [-0.05, 0) is 36.2 Å². The van der Waals surface area contributed by atoms with E-state index < -0.39 is 0 Å². The van der Waals surface area contributed by atoms with Crippen LogP contribution in [0.25, 0.3) is 4.85 Å². The summed E-state index contributed by atoms with van der Waals surface area (Å²) >= 11 is 0. The lowest BCUT2D eigenvalue weighted by atomic mass is 10.2. The molecule has 2 saturated heterocycles. The van der Waals surface area contributed by atoms with Crippen LogP contribution in [-0.4, -0.2) is 91.5 Å². The van der Waals surface area contributed by atoms with Crippen LogP contribution in [0.5, 0.6) is 5.75 Å². The molecule has 0 aliphatic carbocycles. The van der Waals surface area contributed by atoms with Gasteiger partial charge in [-0.3, -0.25) is 9.69 Å². The highest BCUT2D eigenvalue weighted by Crippen LogP contribution is 2.30. The van der Waals surface area contributed by atoms with Gasteiger partial charge >= 0.3 is 0 Å². The summed E-state index contributed by atoms with van der Waals surface area (Å²) in [4.78, 5) is 26.3. The van der Waals surface area contributed by atoms with Crippen LogP contribution in [0.2, 0.25) is 0 Å². The van der Waals surface area contributed by atoms with Crippen molar-refractivity contribution in [3.05, 3.63) is 83.5 Å². The number of nitrogens with zero attached hydrogens (tertiary/aromatic N) is 6. The van der Waals surface area contributed by atoms with E-state index >= 15 is 0 Å². The van der Waals surface area contributed by atoms with Crippen LogP contribution >= 0.6 is 0 Å². The lowest BCUT2D eigenvalue weighted by Crippen LogP contribution is -2.49. The van der Waals surface area contributed by atoms with Gasteiger partial charge in [0.1, 0.15) is 11.4 Å². The predicted octanol–water partition coefficient (Wildman–Crippen LogP) is 3.71. The zero-order valence-corrected chi connectivity index (χ0v) is 23.2. The zero-order valence-electron chi connectivity index (χ0n) is 23.2. The summed E-state index contributed by atoms with van der Waals surface area (Å²) in [6.45, 7) is 15.2. The van der Waals surface area contributed by atoms with Gasteiger partial charge in [0, 0.05) is 83.9 Å². The fourth-order valence-electron chi connectivity index (χ4n) is 5.70. The van der Waals surface area contributed by atoms with Crippen LogP contribution in [0.3, 0.4) is 0 Å². The molecule has 9 nitrogen and oxygen atoms in total. The van der Waals surface area contributed by atoms with Crippen LogP contribution in [0.1, 0.15) is 22.5 Å². The molecule has 2 aliphatic rings. The minimum absolute atomic E-state index is 0.0458. The van der Waals surface area contributed by atoms with Gasteiger partial charge in [-0.15, -0.1) is 0 Å². The van der Waals surface area contributed by atoms with E-state index in [9.17, 15) is 9.90 Å². The molecule has 0 bridgehead atoms. The molecule has 9 heteroatoms. The van der Waals surface area contributed by atoms with Crippen molar-refractivity contribution in [2.45, 2.75) is 19.5 Å². The van der Waals surface area contributed by atoms with Gasteiger partial charge in [-0.2, -0.15) is 0 Å². The lowest BCUT2D eigenvalue weighted by molar-refractivity contribution is 0.0735. The van der Waals surface area contributed by atoms with E-state index in [-0.39, 0.29) is 12.5 Å². The van der Waals surface area contributed by atoms with Crippen LogP contribution in [-0.2, 0) is 13.1 Å². The molecule has 0 atom stereocenters. The highest BCUT2D eigenvalue weighted by atomic mass is 16.5. The predicted molar refractivity (Wildman–Crippen MR) is 157 cm³/mol. The van der Waals surface area contributed by atoms with Gasteiger partial charge in [-0.25, -0.2) is 4.85 Å². The van der Waals surface area contributed by atoms with Gasteiger partial charge in [-0.1, -0.05) is 30.3 Å². The Morgan fingerprint density at radius 3 is 2.27 bits per heavy atom. The summed E-state index contributed by atoms with van der Waals surface area (Å²) < 4.78 is 7.55. The fraction of sp³-hybridized carbons (Fsp3) is 0.419. The summed E-state index contributed by atoms with van der Waals surface area (Å²) in [5.41, 5.74) is 4.57. The Balaban J connectivity index is 1.22. The average Bonchev–Trinajstić information content (AvgIpc) is 3.42. The number of para-hydroxylation sites is 4. The van der Waals surface area contributed by atoms with Gasteiger partial charge in [0.05, 0.1) is 19.4 Å². The Hall–Kier alpha value is -4.00. The fourth-order valence-corrected chi connectivity index (χ4v) is 5.70. The summed E-state index contributed by atoms with van der Waals surface area (Å²) in [5, 5.41) is 9.45. The largest absolute Gasteiger partial charge is 0.495 e. The van der Waals surface area contributed by atoms with Crippen molar-refractivity contribution in [1.29, 1.82) is 0 Å². The van der Waals surface area contributed by atoms with Crippen molar-refractivity contribution in [3.63, 3.8) is 0 Å². The number of aliphatic hydroxyl groups excluding tert-OH is 1. The Labute approximate surface area is 236 Å². The highest BCUT2D eigenvalue weighted by molar-refractivity contribution is 5.93. The van der Waals surface area contributed by atoms with E-state index in [1.165, 1.54) is 0 Å². The molecule has 3 aromatic rings. The molecule has 2 aromatic carbocycles. The van der Waals surface area contributed by atoms with Gasteiger partial charge in [0.15, 0.2) is 0 Å². The summed E-state index contributed by atoms with van der Waals surface area (Å²) in [6, 6.07) is 17.8. The van der Waals surface area contributed by atoms with Crippen molar-refractivity contribution in [2.75, 3.05) is 75.9 Å². The average molecular weight is 543 g/mol. The van der Waals surface area contributed by atoms with E-state index in [0.29, 0.717) is 37.4 Å². The third-order valence-corrected chi connectivity index (χ3v) is 7.84. The first-order valence-electron chi connectivity index (χ1n) is 14.0.